The number of anilines is 1. The molecule has 2 aromatic rings. The SMILES string of the molecule is CCN1CCOc2c(NC(CCN(C)C)(Cc3ncccc3C)C(N)=O)cccc2C1=O. The normalized spacial score (nSPS) is 15.5. The number of amides is 2. The van der Waals surface area contributed by atoms with Crippen LogP contribution in [-0.2, 0) is 11.2 Å². The molecule has 172 valence electrons. The van der Waals surface area contributed by atoms with E-state index in [-0.39, 0.29) is 5.91 Å². The Kier molecular flexibility index (Phi) is 7.35. The van der Waals surface area contributed by atoms with Gasteiger partial charge in [-0.05, 0) is 58.1 Å². The van der Waals surface area contributed by atoms with Crippen molar-refractivity contribution in [1.29, 1.82) is 0 Å². The van der Waals surface area contributed by atoms with Crippen LogP contribution in [0.3, 0.4) is 0 Å². The van der Waals surface area contributed by atoms with E-state index >= 15 is 0 Å². The third kappa shape index (κ3) is 5.02. The molecular weight excluding hydrogens is 406 g/mol. The third-order valence-electron chi connectivity index (χ3n) is 5.94. The Labute approximate surface area is 189 Å². The first-order chi connectivity index (χ1) is 15.3. The first-order valence-corrected chi connectivity index (χ1v) is 11.0. The number of benzene rings is 1. The summed E-state index contributed by atoms with van der Waals surface area (Å²) in [5.74, 6) is -0.0963. The van der Waals surface area contributed by atoms with Gasteiger partial charge in [-0.1, -0.05) is 12.1 Å². The number of carbonyl (C=O) groups is 2. The Morgan fingerprint density at radius 3 is 2.75 bits per heavy atom. The molecule has 1 aliphatic rings. The molecule has 1 atom stereocenters. The predicted octanol–water partition coefficient (Wildman–Crippen LogP) is 2.07. The summed E-state index contributed by atoms with van der Waals surface area (Å²) in [5.41, 5.74) is 7.76. The summed E-state index contributed by atoms with van der Waals surface area (Å²) in [6.07, 6.45) is 2.50. The number of rotatable bonds is 9. The minimum Gasteiger partial charge on any atom is -0.489 e. The van der Waals surface area contributed by atoms with Gasteiger partial charge >= 0.3 is 0 Å². The molecular formula is C24H33N5O3. The fraction of sp³-hybridized carbons (Fsp3) is 0.458. The van der Waals surface area contributed by atoms with Gasteiger partial charge in [0.1, 0.15) is 12.1 Å². The first kappa shape index (κ1) is 23.5. The van der Waals surface area contributed by atoms with Crippen LogP contribution in [0.25, 0.3) is 0 Å². The number of nitrogens with two attached hydrogens (primary N) is 1. The molecule has 0 aliphatic carbocycles. The number of fused-ring (bicyclic) bond motifs is 1. The zero-order valence-corrected chi connectivity index (χ0v) is 19.4. The Hall–Kier alpha value is -3.13. The molecule has 1 aromatic carbocycles. The van der Waals surface area contributed by atoms with Gasteiger partial charge in [-0.25, -0.2) is 0 Å². The molecule has 0 bridgehead atoms. The second-order valence-electron chi connectivity index (χ2n) is 8.48. The second kappa shape index (κ2) is 9.99. The molecule has 0 saturated carbocycles. The number of aromatic nitrogens is 1. The maximum atomic E-state index is 13.0. The highest BCUT2D eigenvalue weighted by Crippen LogP contribution is 2.35. The van der Waals surface area contributed by atoms with Gasteiger partial charge in [0.15, 0.2) is 5.75 Å². The van der Waals surface area contributed by atoms with E-state index in [1.807, 2.05) is 51.0 Å². The van der Waals surface area contributed by atoms with Crippen molar-refractivity contribution in [2.45, 2.75) is 32.2 Å². The van der Waals surface area contributed by atoms with E-state index in [1.165, 1.54) is 0 Å². The third-order valence-corrected chi connectivity index (χ3v) is 5.94. The van der Waals surface area contributed by atoms with Crippen LogP contribution in [0.2, 0.25) is 0 Å². The number of para-hydroxylation sites is 1. The minimum atomic E-state index is -1.11. The fourth-order valence-electron chi connectivity index (χ4n) is 3.92. The Bertz CT molecular complexity index is 978. The van der Waals surface area contributed by atoms with Crippen LogP contribution in [0.1, 0.15) is 35.0 Å². The van der Waals surface area contributed by atoms with Crippen LogP contribution < -0.4 is 15.8 Å². The maximum absolute atomic E-state index is 13.0. The zero-order chi connectivity index (χ0) is 23.3. The molecule has 0 saturated heterocycles. The number of nitrogens with zero attached hydrogens (tertiary/aromatic N) is 3. The van der Waals surface area contributed by atoms with Crippen LogP contribution in [0, 0.1) is 6.92 Å². The predicted molar refractivity (Wildman–Crippen MR) is 125 cm³/mol. The number of carbonyl (C=O) groups excluding carboxylic acids is 2. The summed E-state index contributed by atoms with van der Waals surface area (Å²) in [6, 6.07) is 9.22. The van der Waals surface area contributed by atoms with Gasteiger partial charge in [-0.15, -0.1) is 0 Å². The summed E-state index contributed by atoms with van der Waals surface area (Å²) in [5, 5.41) is 3.40. The van der Waals surface area contributed by atoms with Crippen molar-refractivity contribution < 1.29 is 14.3 Å². The fourth-order valence-corrected chi connectivity index (χ4v) is 3.92. The standard InChI is InChI=1S/C24H33N5O3/c1-5-29-14-15-32-21-18(22(29)30)9-6-10-19(21)27-24(23(25)31,11-13-28(3)4)16-20-17(2)8-7-12-26-20/h6-10,12,27H,5,11,13-16H2,1-4H3,(H2,25,31). The van der Waals surface area contributed by atoms with E-state index in [0.717, 1.165) is 11.3 Å². The lowest BCUT2D eigenvalue weighted by Crippen LogP contribution is -2.54. The number of primary amides is 1. The molecule has 0 radical (unpaired) electrons. The van der Waals surface area contributed by atoms with Crippen LogP contribution in [-0.4, -0.2) is 72.5 Å². The summed E-state index contributed by atoms with van der Waals surface area (Å²) >= 11 is 0. The average Bonchev–Trinajstić information content (AvgIpc) is 2.92. The minimum absolute atomic E-state index is 0.0813. The van der Waals surface area contributed by atoms with E-state index in [2.05, 4.69) is 10.3 Å². The van der Waals surface area contributed by atoms with Crippen molar-refractivity contribution in [2.75, 3.05) is 45.7 Å². The first-order valence-electron chi connectivity index (χ1n) is 11.0. The van der Waals surface area contributed by atoms with Crippen LogP contribution in [0.4, 0.5) is 5.69 Å². The van der Waals surface area contributed by atoms with Gasteiger partial charge in [-0.2, -0.15) is 0 Å². The van der Waals surface area contributed by atoms with E-state index < -0.39 is 11.4 Å². The largest absolute Gasteiger partial charge is 0.489 e. The van der Waals surface area contributed by atoms with Crippen LogP contribution in [0.15, 0.2) is 36.5 Å². The molecule has 1 unspecified atom stereocenters. The number of pyridine rings is 1. The highest BCUT2D eigenvalue weighted by molar-refractivity contribution is 6.00. The molecule has 3 rings (SSSR count). The van der Waals surface area contributed by atoms with Crippen LogP contribution >= 0.6 is 0 Å². The van der Waals surface area contributed by atoms with Gasteiger partial charge in [0.05, 0.1) is 17.8 Å². The van der Waals surface area contributed by atoms with Crippen molar-refractivity contribution in [1.82, 2.24) is 14.8 Å². The topological polar surface area (TPSA) is 101 Å². The Balaban J connectivity index is 2.05. The van der Waals surface area contributed by atoms with Crippen molar-refractivity contribution >= 4 is 17.5 Å². The van der Waals surface area contributed by atoms with E-state index in [0.29, 0.717) is 56.1 Å². The summed E-state index contributed by atoms with van der Waals surface area (Å²) < 4.78 is 6.00. The number of hydrogen-bond acceptors (Lipinski definition) is 6. The number of likely N-dealkylation sites (N-methyl/N-ethyl adjacent to an activating group) is 1. The lowest BCUT2D eigenvalue weighted by atomic mass is 9.86. The van der Waals surface area contributed by atoms with E-state index in [1.54, 1.807) is 23.2 Å². The Morgan fingerprint density at radius 1 is 1.31 bits per heavy atom. The summed E-state index contributed by atoms with van der Waals surface area (Å²) in [4.78, 5) is 34.2. The number of nitrogens with one attached hydrogen (secondary N) is 1. The van der Waals surface area contributed by atoms with Gasteiger partial charge < -0.3 is 25.6 Å². The molecule has 1 aliphatic heterocycles. The summed E-state index contributed by atoms with van der Waals surface area (Å²) in [6.45, 7) is 6.05. The number of hydrogen-bond donors (Lipinski definition) is 2. The lowest BCUT2D eigenvalue weighted by molar-refractivity contribution is -0.122. The molecule has 3 N–H and O–H groups in total. The molecule has 32 heavy (non-hydrogen) atoms. The lowest BCUT2D eigenvalue weighted by Gasteiger charge is -2.34. The molecule has 1 aromatic heterocycles. The molecule has 0 fully saturated rings. The van der Waals surface area contributed by atoms with Crippen molar-refractivity contribution in [3.05, 3.63) is 53.3 Å². The Morgan fingerprint density at radius 2 is 2.09 bits per heavy atom. The quantitative estimate of drug-likeness (QED) is 0.620. The number of ether oxygens (including phenoxy) is 1. The van der Waals surface area contributed by atoms with E-state index in [4.69, 9.17) is 10.5 Å². The highest BCUT2D eigenvalue weighted by Gasteiger charge is 2.39. The highest BCUT2D eigenvalue weighted by atomic mass is 16.5. The second-order valence-corrected chi connectivity index (χ2v) is 8.48. The van der Waals surface area contributed by atoms with Gasteiger partial charge in [-0.3, -0.25) is 14.6 Å². The molecule has 8 heteroatoms. The van der Waals surface area contributed by atoms with Crippen LogP contribution in [0.5, 0.6) is 5.75 Å². The molecule has 2 amide bonds. The maximum Gasteiger partial charge on any atom is 0.257 e. The average molecular weight is 440 g/mol. The van der Waals surface area contributed by atoms with Gasteiger partial charge in [0.2, 0.25) is 5.91 Å². The molecule has 0 spiro atoms. The van der Waals surface area contributed by atoms with Gasteiger partial charge in [0.25, 0.3) is 5.91 Å². The number of aryl methyl sites for hydroxylation is 1. The summed E-state index contributed by atoms with van der Waals surface area (Å²) in [7, 11) is 3.90. The molecule has 8 nitrogen and oxygen atoms in total. The molecule has 2 heterocycles. The van der Waals surface area contributed by atoms with Crippen molar-refractivity contribution in [3.8, 4) is 5.75 Å². The zero-order valence-electron chi connectivity index (χ0n) is 19.4. The van der Waals surface area contributed by atoms with E-state index in [9.17, 15) is 9.59 Å². The van der Waals surface area contributed by atoms with Crippen molar-refractivity contribution in [3.63, 3.8) is 0 Å². The smallest absolute Gasteiger partial charge is 0.257 e. The van der Waals surface area contributed by atoms with Gasteiger partial charge in [0, 0.05) is 31.4 Å². The van der Waals surface area contributed by atoms with Crippen molar-refractivity contribution in [2.24, 2.45) is 5.73 Å². The monoisotopic (exact) mass is 439 g/mol.